The fourth-order valence-electron chi connectivity index (χ4n) is 2.35. The van der Waals surface area contributed by atoms with Gasteiger partial charge in [0.1, 0.15) is 5.75 Å². The Labute approximate surface area is 138 Å². The molecule has 0 bridgehead atoms. The van der Waals surface area contributed by atoms with Crippen LogP contribution in [-0.4, -0.2) is 25.0 Å². The third kappa shape index (κ3) is 3.63. The molecule has 2 aromatic carbocycles. The van der Waals surface area contributed by atoms with Crippen LogP contribution in [0.1, 0.15) is 15.9 Å². The molecule has 0 aromatic heterocycles. The maximum atomic E-state index is 12.1. The Morgan fingerprint density at radius 3 is 2.91 bits per heavy atom. The van der Waals surface area contributed by atoms with Crippen molar-refractivity contribution in [3.8, 4) is 5.75 Å². The maximum Gasteiger partial charge on any atom is 0.262 e. The predicted octanol–water partition coefficient (Wildman–Crippen LogP) is 2.64. The van der Waals surface area contributed by atoms with E-state index < -0.39 is 0 Å². The monoisotopic (exact) mass is 330 g/mol. The second kappa shape index (κ2) is 6.71. The highest BCUT2D eigenvalue weighted by Crippen LogP contribution is 2.28. The van der Waals surface area contributed by atoms with E-state index in [0.29, 0.717) is 35.0 Å². The number of nitrogens with one attached hydrogen (secondary N) is 2. The summed E-state index contributed by atoms with van der Waals surface area (Å²) in [5, 5.41) is 6.03. The van der Waals surface area contributed by atoms with Crippen molar-refractivity contribution in [3.05, 3.63) is 58.6 Å². The van der Waals surface area contributed by atoms with Crippen LogP contribution in [0, 0.1) is 0 Å². The summed E-state index contributed by atoms with van der Waals surface area (Å²) in [5.41, 5.74) is 2.12. The molecular weight excluding hydrogens is 316 g/mol. The Balaban J connectivity index is 1.59. The van der Waals surface area contributed by atoms with Gasteiger partial charge in [-0.2, -0.15) is 0 Å². The van der Waals surface area contributed by atoms with Gasteiger partial charge in [-0.1, -0.05) is 29.8 Å². The number of benzene rings is 2. The van der Waals surface area contributed by atoms with Crippen molar-refractivity contribution in [2.75, 3.05) is 18.5 Å². The third-order valence-electron chi connectivity index (χ3n) is 3.49. The first kappa shape index (κ1) is 15.4. The Hall–Kier alpha value is -2.53. The van der Waals surface area contributed by atoms with E-state index in [-0.39, 0.29) is 18.4 Å². The third-order valence-corrected chi connectivity index (χ3v) is 3.82. The molecule has 0 aliphatic carbocycles. The van der Waals surface area contributed by atoms with Crippen LogP contribution in [0.15, 0.2) is 42.5 Å². The molecule has 1 aliphatic heterocycles. The molecule has 0 spiro atoms. The SMILES string of the molecule is O=C1COc2ccc(CCNC(=O)c3ccccc3Cl)cc2N1. The first-order valence-electron chi connectivity index (χ1n) is 7.22. The molecule has 0 fully saturated rings. The van der Waals surface area contributed by atoms with E-state index >= 15 is 0 Å². The molecule has 2 aromatic rings. The molecule has 1 heterocycles. The summed E-state index contributed by atoms with van der Waals surface area (Å²) in [5.74, 6) is 0.292. The Morgan fingerprint density at radius 1 is 1.26 bits per heavy atom. The van der Waals surface area contributed by atoms with Crippen molar-refractivity contribution in [1.82, 2.24) is 5.32 Å². The highest BCUT2D eigenvalue weighted by molar-refractivity contribution is 6.33. The number of carbonyl (C=O) groups excluding carboxylic acids is 2. The lowest BCUT2D eigenvalue weighted by Crippen LogP contribution is -2.27. The number of rotatable bonds is 4. The minimum atomic E-state index is -0.204. The fraction of sp³-hybridized carbons (Fsp3) is 0.176. The number of ether oxygens (including phenoxy) is 1. The van der Waals surface area contributed by atoms with Gasteiger partial charge < -0.3 is 15.4 Å². The van der Waals surface area contributed by atoms with E-state index in [9.17, 15) is 9.59 Å². The van der Waals surface area contributed by atoms with Crippen LogP contribution in [0.3, 0.4) is 0 Å². The smallest absolute Gasteiger partial charge is 0.262 e. The van der Waals surface area contributed by atoms with E-state index in [1.54, 1.807) is 24.3 Å². The number of hydrogen-bond acceptors (Lipinski definition) is 3. The van der Waals surface area contributed by atoms with Crippen LogP contribution in [-0.2, 0) is 11.2 Å². The van der Waals surface area contributed by atoms with Gasteiger partial charge >= 0.3 is 0 Å². The van der Waals surface area contributed by atoms with Crippen LogP contribution >= 0.6 is 11.6 Å². The van der Waals surface area contributed by atoms with Gasteiger partial charge in [0.15, 0.2) is 6.61 Å². The lowest BCUT2D eigenvalue weighted by atomic mass is 10.1. The quantitative estimate of drug-likeness (QED) is 0.905. The molecular formula is C17H15ClN2O3. The number of anilines is 1. The molecule has 2 amide bonds. The van der Waals surface area contributed by atoms with E-state index in [0.717, 1.165) is 5.56 Å². The van der Waals surface area contributed by atoms with Crippen molar-refractivity contribution in [2.24, 2.45) is 0 Å². The van der Waals surface area contributed by atoms with Crippen molar-refractivity contribution >= 4 is 29.1 Å². The molecule has 0 atom stereocenters. The standard InChI is InChI=1S/C17H15ClN2O3/c18-13-4-2-1-3-12(13)17(22)19-8-7-11-5-6-15-14(9-11)20-16(21)10-23-15/h1-6,9H,7-8,10H2,(H,19,22)(H,20,21). The van der Waals surface area contributed by atoms with Crippen molar-refractivity contribution in [3.63, 3.8) is 0 Å². The number of fused-ring (bicyclic) bond motifs is 1. The Bertz CT molecular complexity index is 761. The molecule has 5 nitrogen and oxygen atoms in total. The molecule has 23 heavy (non-hydrogen) atoms. The number of hydrogen-bond donors (Lipinski definition) is 2. The zero-order valence-corrected chi connectivity index (χ0v) is 13.0. The van der Waals surface area contributed by atoms with Crippen molar-refractivity contribution < 1.29 is 14.3 Å². The van der Waals surface area contributed by atoms with Gasteiger partial charge in [-0.15, -0.1) is 0 Å². The summed E-state index contributed by atoms with van der Waals surface area (Å²) >= 11 is 5.99. The van der Waals surface area contributed by atoms with Gasteiger partial charge in [0.2, 0.25) is 0 Å². The van der Waals surface area contributed by atoms with Gasteiger partial charge in [0, 0.05) is 6.54 Å². The normalized spacial score (nSPS) is 12.8. The van der Waals surface area contributed by atoms with Crippen molar-refractivity contribution in [1.29, 1.82) is 0 Å². The highest BCUT2D eigenvalue weighted by atomic mass is 35.5. The second-order valence-corrected chi connectivity index (χ2v) is 5.56. The van der Waals surface area contributed by atoms with Crippen molar-refractivity contribution in [2.45, 2.75) is 6.42 Å². The first-order chi connectivity index (χ1) is 11.1. The number of carbonyl (C=O) groups is 2. The lowest BCUT2D eigenvalue weighted by molar-refractivity contribution is -0.118. The molecule has 6 heteroatoms. The van der Waals surface area contributed by atoms with Crippen LogP contribution in [0.5, 0.6) is 5.75 Å². The van der Waals surface area contributed by atoms with Crippen LogP contribution in [0.4, 0.5) is 5.69 Å². The molecule has 3 rings (SSSR count). The summed E-state index contributed by atoms with van der Waals surface area (Å²) < 4.78 is 5.31. The summed E-state index contributed by atoms with van der Waals surface area (Å²) in [6.45, 7) is 0.512. The van der Waals surface area contributed by atoms with E-state index in [1.165, 1.54) is 0 Å². The minimum Gasteiger partial charge on any atom is -0.482 e. The molecule has 0 saturated carbocycles. The van der Waals surface area contributed by atoms with E-state index in [1.807, 2.05) is 18.2 Å². The molecule has 0 unspecified atom stereocenters. The zero-order chi connectivity index (χ0) is 16.2. The zero-order valence-electron chi connectivity index (χ0n) is 12.3. The summed E-state index contributed by atoms with van der Waals surface area (Å²) in [7, 11) is 0. The van der Waals surface area contributed by atoms with Gasteiger partial charge in [0.05, 0.1) is 16.3 Å². The highest BCUT2D eigenvalue weighted by Gasteiger charge is 2.16. The van der Waals surface area contributed by atoms with Gasteiger partial charge in [0.25, 0.3) is 11.8 Å². The lowest BCUT2D eigenvalue weighted by Gasteiger charge is -2.18. The minimum absolute atomic E-state index is 0.0419. The fourth-order valence-corrected chi connectivity index (χ4v) is 2.57. The maximum absolute atomic E-state index is 12.1. The molecule has 0 saturated heterocycles. The summed E-state index contributed by atoms with van der Waals surface area (Å²) in [4.78, 5) is 23.4. The van der Waals surface area contributed by atoms with Gasteiger partial charge in [-0.05, 0) is 36.2 Å². The first-order valence-corrected chi connectivity index (χ1v) is 7.59. The predicted molar refractivity (Wildman–Crippen MR) is 88.1 cm³/mol. The summed E-state index contributed by atoms with van der Waals surface area (Å²) in [6.07, 6.45) is 0.638. The van der Waals surface area contributed by atoms with Gasteiger partial charge in [-0.25, -0.2) is 0 Å². The average molecular weight is 331 g/mol. The average Bonchev–Trinajstić information content (AvgIpc) is 2.54. The number of halogens is 1. The second-order valence-electron chi connectivity index (χ2n) is 5.15. The largest absolute Gasteiger partial charge is 0.482 e. The molecule has 0 radical (unpaired) electrons. The van der Waals surface area contributed by atoms with E-state index in [4.69, 9.17) is 16.3 Å². The van der Waals surface area contributed by atoms with E-state index in [2.05, 4.69) is 10.6 Å². The Kier molecular flexibility index (Phi) is 4.48. The molecule has 118 valence electrons. The number of amides is 2. The topological polar surface area (TPSA) is 67.4 Å². The Morgan fingerprint density at radius 2 is 2.09 bits per heavy atom. The van der Waals surface area contributed by atoms with Crippen LogP contribution < -0.4 is 15.4 Å². The van der Waals surface area contributed by atoms with Crippen LogP contribution in [0.2, 0.25) is 5.02 Å². The molecule has 2 N–H and O–H groups in total. The summed E-state index contributed by atoms with van der Waals surface area (Å²) in [6, 6.07) is 12.5. The van der Waals surface area contributed by atoms with Gasteiger partial charge in [-0.3, -0.25) is 9.59 Å². The molecule has 1 aliphatic rings. The van der Waals surface area contributed by atoms with Crippen LogP contribution in [0.25, 0.3) is 0 Å².